The second kappa shape index (κ2) is 8.47. The lowest BCUT2D eigenvalue weighted by molar-refractivity contribution is 0.217. The number of hydrogen-bond donors (Lipinski definition) is 1. The van der Waals surface area contributed by atoms with Gasteiger partial charge in [0.15, 0.2) is 0 Å². The highest BCUT2D eigenvalue weighted by molar-refractivity contribution is 5.46. The molecule has 0 spiro atoms. The average molecular weight is 313 g/mol. The van der Waals surface area contributed by atoms with E-state index in [4.69, 9.17) is 9.47 Å². The first-order chi connectivity index (χ1) is 11.1. The van der Waals surface area contributed by atoms with Crippen molar-refractivity contribution in [3.63, 3.8) is 0 Å². The smallest absolute Gasteiger partial charge is 0.122 e. The van der Waals surface area contributed by atoms with Gasteiger partial charge in [0.25, 0.3) is 0 Å². The van der Waals surface area contributed by atoms with Gasteiger partial charge in [0.2, 0.25) is 0 Å². The molecule has 0 aromatic heterocycles. The number of hydrogen-bond acceptors (Lipinski definition) is 3. The highest BCUT2D eigenvalue weighted by Crippen LogP contribution is 2.19. The summed E-state index contributed by atoms with van der Waals surface area (Å²) >= 11 is 0. The molecule has 0 aliphatic rings. The summed E-state index contributed by atoms with van der Waals surface area (Å²) in [7, 11) is 0. The van der Waals surface area contributed by atoms with Gasteiger partial charge in [-0.15, -0.1) is 0 Å². The van der Waals surface area contributed by atoms with Gasteiger partial charge in [-0.2, -0.15) is 0 Å². The van der Waals surface area contributed by atoms with Crippen LogP contribution in [0.3, 0.4) is 0 Å². The van der Waals surface area contributed by atoms with E-state index in [0.29, 0.717) is 6.61 Å². The number of benzene rings is 2. The van der Waals surface area contributed by atoms with E-state index in [1.165, 1.54) is 11.1 Å². The molecule has 1 unspecified atom stereocenters. The molecule has 0 saturated heterocycles. The first-order valence-electron chi connectivity index (χ1n) is 8.29. The lowest BCUT2D eigenvalue weighted by Gasteiger charge is -2.14. The molecule has 1 atom stereocenters. The molecule has 2 aromatic rings. The molecular weight excluding hydrogens is 286 g/mol. The first kappa shape index (κ1) is 17.2. The third-order valence-electron chi connectivity index (χ3n) is 3.80. The minimum Gasteiger partial charge on any atom is -0.491 e. The second-order valence-corrected chi connectivity index (χ2v) is 5.91. The van der Waals surface area contributed by atoms with Crippen LogP contribution in [0.1, 0.15) is 31.4 Å². The number of nitrogens with one attached hydrogen (secondary N) is 1. The van der Waals surface area contributed by atoms with Crippen LogP contribution in [-0.4, -0.2) is 19.3 Å². The zero-order chi connectivity index (χ0) is 16.7. The lowest BCUT2D eigenvalue weighted by atomic mass is 10.1. The van der Waals surface area contributed by atoms with Crippen molar-refractivity contribution in [3.8, 4) is 11.5 Å². The summed E-state index contributed by atoms with van der Waals surface area (Å²) in [6, 6.07) is 14.3. The Kier molecular flexibility index (Phi) is 6.33. The molecule has 3 nitrogen and oxygen atoms in total. The standard InChI is InChI=1S/C20H27NO2/c1-5-17(4)23-19-10-8-18(9-11-19)21-12-13-22-20-14-15(2)6-7-16(20)3/h6-11,14,17,21H,5,12-13H2,1-4H3. The molecule has 2 rings (SSSR count). The Balaban J connectivity index is 1.77. The van der Waals surface area contributed by atoms with Crippen LogP contribution < -0.4 is 14.8 Å². The predicted octanol–water partition coefficient (Wildman–Crippen LogP) is 4.97. The van der Waals surface area contributed by atoms with Crippen molar-refractivity contribution < 1.29 is 9.47 Å². The van der Waals surface area contributed by atoms with Gasteiger partial charge in [-0.1, -0.05) is 19.1 Å². The Bertz CT molecular complexity index is 608. The zero-order valence-electron chi connectivity index (χ0n) is 14.6. The molecule has 0 amide bonds. The Morgan fingerprint density at radius 3 is 2.48 bits per heavy atom. The zero-order valence-corrected chi connectivity index (χ0v) is 14.6. The Morgan fingerprint density at radius 2 is 1.78 bits per heavy atom. The van der Waals surface area contributed by atoms with Crippen molar-refractivity contribution in [1.29, 1.82) is 0 Å². The normalized spacial score (nSPS) is 11.8. The van der Waals surface area contributed by atoms with Crippen molar-refractivity contribution >= 4 is 5.69 Å². The molecule has 23 heavy (non-hydrogen) atoms. The third kappa shape index (κ3) is 5.51. The van der Waals surface area contributed by atoms with E-state index in [9.17, 15) is 0 Å². The van der Waals surface area contributed by atoms with Gasteiger partial charge >= 0.3 is 0 Å². The van der Waals surface area contributed by atoms with Crippen LogP contribution in [-0.2, 0) is 0 Å². The minimum atomic E-state index is 0.250. The van der Waals surface area contributed by atoms with Crippen molar-refractivity contribution in [3.05, 3.63) is 53.6 Å². The van der Waals surface area contributed by atoms with Gasteiger partial charge < -0.3 is 14.8 Å². The number of aryl methyl sites for hydroxylation is 2. The summed E-state index contributed by atoms with van der Waals surface area (Å²) < 4.78 is 11.6. The minimum absolute atomic E-state index is 0.250. The van der Waals surface area contributed by atoms with Gasteiger partial charge in [-0.05, 0) is 68.7 Å². The Morgan fingerprint density at radius 1 is 1.04 bits per heavy atom. The topological polar surface area (TPSA) is 30.5 Å². The average Bonchev–Trinajstić information content (AvgIpc) is 2.56. The van der Waals surface area contributed by atoms with Crippen molar-refractivity contribution in [1.82, 2.24) is 0 Å². The molecule has 0 heterocycles. The highest BCUT2D eigenvalue weighted by atomic mass is 16.5. The maximum atomic E-state index is 5.84. The van der Waals surface area contributed by atoms with E-state index in [1.807, 2.05) is 24.3 Å². The maximum absolute atomic E-state index is 5.84. The molecule has 3 heteroatoms. The van der Waals surface area contributed by atoms with Crippen LogP contribution >= 0.6 is 0 Å². The first-order valence-corrected chi connectivity index (χ1v) is 8.29. The number of ether oxygens (including phenoxy) is 2. The van der Waals surface area contributed by atoms with E-state index in [2.05, 4.69) is 51.2 Å². The summed E-state index contributed by atoms with van der Waals surface area (Å²) in [6.45, 7) is 9.74. The highest BCUT2D eigenvalue weighted by Gasteiger charge is 2.02. The van der Waals surface area contributed by atoms with E-state index < -0.39 is 0 Å². The number of anilines is 1. The second-order valence-electron chi connectivity index (χ2n) is 5.91. The molecule has 0 fully saturated rings. The molecule has 0 aliphatic carbocycles. The predicted molar refractivity (Wildman–Crippen MR) is 96.7 cm³/mol. The summed E-state index contributed by atoms with van der Waals surface area (Å²) in [5.74, 6) is 1.88. The molecule has 0 aliphatic heterocycles. The Labute approximate surface area is 139 Å². The van der Waals surface area contributed by atoms with E-state index in [0.717, 1.165) is 30.2 Å². The summed E-state index contributed by atoms with van der Waals surface area (Å²) in [6.07, 6.45) is 1.26. The third-order valence-corrected chi connectivity index (χ3v) is 3.80. The SMILES string of the molecule is CCC(C)Oc1ccc(NCCOc2cc(C)ccc2C)cc1. The largest absolute Gasteiger partial charge is 0.491 e. The molecular formula is C20H27NO2. The quantitative estimate of drug-likeness (QED) is 0.698. The van der Waals surface area contributed by atoms with Crippen LogP contribution in [0.4, 0.5) is 5.69 Å². The van der Waals surface area contributed by atoms with Gasteiger partial charge in [0.1, 0.15) is 18.1 Å². The molecule has 0 saturated carbocycles. The molecule has 0 bridgehead atoms. The molecule has 2 aromatic carbocycles. The van der Waals surface area contributed by atoms with Crippen LogP contribution in [0.2, 0.25) is 0 Å². The van der Waals surface area contributed by atoms with Gasteiger partial charge in [0, 0.05) is 12.2 Å². The molecule has 1 N–H and O–H groups in total. The van der Waals surface area contributed by atoms with Crippen LogP contribution in [0.25, 0.3) is 0 Å². The Hall–Kier alpha value is -2.16. The van der Waals surface area contributed by atoms with Crippen molar-refractivity contribution in [2.24, 2.45) is 0 Å². The fraction of sp³-hybridized carbons (Fsp3) is 0.400. The van der Waals surface area contributed by atoms with E-state index in [-0.39, 0.29) is 6.10 Å². The fourth-order valence-corrected chi connectivity index (χ4v) is 2.19. The van der Waals surface area contributed by atoms with Crippen LogP contribution in [0, 0.1) is 13.8 Å². The van der Waals surface area contributed by atoms with E-state index in [1.54, 1.807) is 0 Å². The van der Waals surface area contributed by atoms with Gasteiger partial charge in [-0.25, -0.2) is 0 Å². The summed E-state index contributed by atoms with van der Waals surface area (Å²) in [5, 5.41) is 3.36. The fourth-order valence-electron chi connectivity index (χ4n) is 2.19. The molecule has 124 valence electrons. The summed E-state index contributed by atoms with van der Waals surface area (Å²) in [5.41, 5.74) is 3.46. The maximum Gasteiger partial charge on any atom is 0.122 e. The lowest BCUT2D eigenvalue weighted by Crippen LogP contribution is -2.12. The molecule has 0 radical (unpaired) electrons. The van der Waals surface area contributed by atoms with E-state index >= 15 is 0 Å². The summed E-state index contributed by atoms with van der Waals surface area (Å²) in [4.78, 5) is 0. The monoisotopic (exact) mass is 313 g/mol. The van der Waals surface area contributed by atoms with Crippen LogP contribution in [0.15, 0.2) is 42.5 Å². The number of rotatable bonds is 8. The van der Waals surface area contributed by atoms with Crippen molar-refractivity contribution in [2.75, 3.05) is 18.5 Å². The van der Waals surface area contributed by atoms with Crippen LogP contribution in [0.5, 0.6) is 11.5 Å². The van der Waals surface area contributed by atoms with Gasteiger partial charge in [-0.3, -0.25) is 0 Å². The van der Waals surface area contributed by atoms with Gasteiger partial charge in [0.05, 0.1) is 6.10 Å². The van der Waals surface area contributed by atoms with Crippen molar-refractivity contribution in [2.45, 2.75) is 40.2 Å².